The number of anilines is 3. The first kappa shape index (κ1) is 20.3. The molecule has 2 amide bonds. The number of nitrogens with zero attached hydrogens (tertiary/aromatic N) is 3. The number of halogens is 1. The molecule has 0 radical (unpaired) electrons. The lowest BCUT2D eigenvalue weighted by Gasteiger charge is -2.13. The van der Waals surface area contributed by atoms with Crippen molar-refractivity contribution in [1.82, 2.24) is 19.9 Å². The second-order valence-corrected chi connectivity index (χ2v) is 8.29. The van der Waals surface area contributed by atoms with Gasteiger partial charge in [-0.25, -0.2) is 4.98 Å². The Morgan fingerprint density at radius 1 is 1.31 bits per heavy atom. The van der Waals surface area contributed by atoms with Gasteiger partial charge in [0, 0.05) is 29.8 Å². The molecule has 3 N–H and O–H groups in total. The van der Waals surface area contributed by atoms with Crippen LogP contribution in [0.1, 0.15) is 24.8 Å². The zero-order chi connectivity index (χ0) is 22.2. The molecule has 0 atom stereocenters. The lowest BCUT2D eigenvalue weighted by molar-refractivity contribution is -0.124. The Bertz CT molecular complexity index is 1260. The van der Waals surface area contributed by atoms with Gasteiger partial charge in [-0.3, -0.25) is 14.9 Å². The number of fused-ring (bicyclic) bond motifs is 1. The number of benzene rings is 1. The minimum atomic E-state index is -0.390. The molecule has 0 bridgehead atoms. The number of carbonyl (C=O) groups excluding carboxylic acids is 2. The normalized spacial score (nSPS) is 17.1. The Labute approximate surface area is 188 Å². The predicted molar refractivity (Wildman–Crippen MR) is 121 cm³/mol. The molecule has 2 aliphatic rings. The van der Waals surface area contributed by atoms with Crippen LogP contribution in [0.25, 0.3) is 11.7 Å². The average molecular weight is 453 g/mol. The molecule has 3 heterocycles. The zero-order valence-electron chi connectivity index (χ0n) is 17.3. The van der Waals surface area contributed by atoms with Crippen LogP contribution in [0.4, 0.5) is 17.3 Å². The van der Waals surface area contributed by atoms with Gasteiger partial charge in [-0.05, 0) is 37.0 Å². The minimum Gasteiger partial charge on any atom is -0.497 e. The van der Waals surface area contributed by atoms with Crippen LogP contribution in [-0.2, 0) is 9.59 Å². The molecular weight excluding hydrogens is 432 g/mol. The fourth-order valence-corrected chi connectivity index (χ4v) is 3.68. The fraction of sp³-hybridized carbons (Fsp3) is 0.273. The van der Waals surface area contributed by atoms with Gasteiger partial charge >= 0.3 is 0 Å². The van der Waals surface area contributed by atoms with Crippen molar-refractivity contribution in [2.75, 3.05) is 24.3 Å². The van der Waals surface area contributed by atoms with E-state index in [0.29, 0.717) is 45.0 Å². The van der Waals surface area contributed by atoms with E-state index in [1.807, 2.05) is 6.07 Å². The molecule has 5 rings (SSSR count). The Kier molecular flexibility index (Phi) is 5.18. The summed E-state index contributed by atoms with van der Waals surface area (Å²) in [6, 6.07) is 7.18. The molecule has 32 heavy (non-hydrogen) atoms. The summed E-state index contributed by atoms with van der Waals surface area (Å²) >= 11 is 6.36. The number of hydrogen-bond donors (Lipinski definition) is 3. The quantitative estimate of drug-likeness (QED) is 0.372. The topological polar surface area (TPSA) is 110 Å². The molecular formula is C22H21ClN6O3. The number of imide groups is 1. The zero-order valence-corrected chi connectivity index (χ0v) is 18.1. The number of methoxy groups -OCH3 is 1. The van der Waals surface area contributed by atoms with E-state index in [1.165, 1.54) is 12.8 Å². The van der Waals surface area contributed by atoms with Crippen molar-refractivity contribution in [1.29, 1.82) is 0 Å². The van der Waals surface area contributed by atoms with Gasteiger partial charge in [0.05, 0.1) is 30.4 Å². The maximum atomic E-state index is 12.0. The van der Waals surface area contributed by atoms with Crippen molar-refractivity contribution in [3.05, 3.63) is 46.6 Å². The number of carbonyl (C=O) groups is 2. The molecule has 3 aromatic rings. The van der Waals surface area contributed by atoms with E-state index in [-0.39, 0.29) is 18.2 Å². The maximum Gasteiger partial charge on any atom is 0.254 e. The second-order valence-electron chi connectivity index (χ2n) is 7.88. The number of rotatable bonds is 7. The number of amides is 2. The molecule has 1 aliphatic carbocycles. The van der Waals surface area contributed by atoms with Gasteiger partial charge in [0.2, 0.25) is 5.91 Å². The second kappa shape index (κ2) is 8.16. The summed E-state index contributed by atoms with van der Waals surface area (Å²) in [6.07, 6.45) is 5.76. The van der Waals surface area contributed by atoms with Crippen LogP contribution in [-0.4, -0.2) is 40.1 Å². The number of nitrogens with one attached hydrogen (secondary N) is 3. The van der Waals surface area contributed by atoms with E-state index in [2.05, 4.69) is 21.0 Å². The van der Waals surface area contributed by atoms with E-state index in [9.17, 15) is 9.59 Å². The molecule has 1 aliphatic heterocycles. The van der Waals surface area contributed by atoms with Crippen molar-refractivity contribution < 1.29 is 14.3 Å². The Morgan fingerprint density at radius 2 is 2.16 bits per heavy atom. The van der Waals surface area contributed by atoms with Crippen molar-refractivity contribution in [3.63, 3.8) is 0 Å². The van der Waals surface area contributed by atoms with Gasteiger partial charge in [-0.1, -0.05) is 11.6 Å². The number of hydrogen-bond acceptors (Lipinski definition) is 7. The van der Waals surface area contributed by atoms with Crippen molar-refractivity contribution >= 4 is 52.5 Å². The summed E-state index contributed by atoms with van der Waals surface area (Å²) < 4.78 is 6.99. The Balaban J connectivity index is 1.55. The van der Waals surface area contributed by atoms with Gasteiger partial charge in [-0.15, -0.1) is 0 Å². The fourth-order valence-electron chi connectivity index (χ4n) is 3.52. The lowest BCUT2D eigenvalue weighted by atomic mass is 10.1. The lowest BCUT2D eigenvalue weighted by Crippen LogP contribution is -2.19. The third kappa shape index (κ3) is 4.11. The van der Waals surface area contributed by atoms with Gasteiger partial charge in [0.25, 0.3) is 5.91 Å². The largest absolute Gasteiger partial charge is 0.497 e. The van der Waals surface area contributed by atoms with Crippen LogP contribution < -0.4 is 20.7 Å². The van der Waals surface area contributed by atoms with E-state index >= 15 is 0 Å². The molecule has 9 nitrogen and oxygen atoms in total. The average Bonchev–Trinajstić information content (AvgIpc) is 3.44. The van der Waals surface area contributed by atoms with Crippen LogP contribution in [0.5, 0.6) is 5.75 Å². The van der Waals surface area contributed by atoms with Crippen molar-refractivity contribution in [2.24, 2.45) is 5.92 Å². The summed E-state index contributed by atoms with van der Waals surface area (Å²) in [5.41, 5.74) is 2.22. The monoisotopic (exact) mass is 452 g/mol. The number of ether oxygens (including phenoxy) is 1. The maximum absolute atomic E-state index is 12.0. The standard InChI is InChI=1S/C22H21ClN6O3/c1-32-15-4-5-16(23)17(8-15)26-18-9-19(24-10-12-2-3-12)29-21(27-18)14(11-25-29)6-13-7-20(30)28-22(13)31/h4-6,8-9,11-12,24H,2-3,7,10H2,1H3,(H,26,27)(H,28,30,31)/b13-6-. The van der Waals surface area contributed by atoms with E-state index in [4.69, 9.17) is 21.3 Å². The van der Waals surface area contributed by atoms with Crippen LogP contribution in [0.3, 0.4) is 0 Å². The first-order chi connectivity index (χ1) is 15.5. The number of aromatic nitrogens is 3. The highest BCUT2D eigenvalue weighted by atomic mass is 35.5. The smallest absolute Gasteiger partial charge is 0.254 e. The van der Waals surface area contributed by atoms with Crippen LogP contribution in [0, 0.1) is 5.92 Å². The summed E-state index contributed by atoms with van der Waals surface area (Å²) in [5, 5.41) is 14.0. The van der Waals surface area contributed by atoms with Crippen molar-refractivity contribution in [3.8, 4) is 5.75 Å². The molecule has 0 spiro atoms. The minimum absolute atomic E-state index is 0.0420. The highest BCUT2D eigenvalue weighted by Gasteiger charge is 2.25. The van der Waals surface area contributed by atoms with E-state index < -0.39 is 0 Å². The molecule has 164 valence electrons. The molecule has 1 saturated carbocycles. The SMILES string of the molecule is COc1ccc(Cl)c(Nc2cc(NCC3CC3)n3ncc(/C=C4/CC(=O)NC4=O)c3n2)c1. The molecule has 1 aromatic carbocycles. The van der Waals surface area contributed by atoms with Crippen molar-refractivity contribution in [2.45, 2.75) is 19.3 Å². The summed E-state index contributed by atoms with van der Waals surface area (Å²) in [4.78, 5) is 28.3. The summed E-state index contributed by atoms with van der Waals surface area (Å²) in [6.45, 7) is 0.839. The van der Waals surface area contributed by atoms with E-state index in [1.54, 1.807) is 42.1 Å². The molecule has 2 fully saturated rings. The summed E-state index contributed by atoms with van der Waals surface area (Å²) in [7, 11) is 1.59. The van der Waals surface area contributed by atoms with Crippen LogP contribution in [0.15, 0.2) is 36.0 Å². The van der Waals surface area contributed by atoms with Gasteiger partial charge in [0.1, 0.15) is 17.4 Å². The molecule has 1 saturated heterocycles. The highest BCUT2D eigenvalue weighted by molar-refractivity contribution is 6.33. The third-order valence-electron chi connectivity index (χ3n) is 5.43. The Hall–Kier alpha value is -3.59. The van der Waals surface area contributed by atoms with Gasteiger partial charge in [0.15, 0.2) is 5.65 Å². The predicted octanol–water partition coefficient (Wildman–Crippen LogP) is 3.39. The third-order valence-corrected chi connectivity index (χ3v) is 5.76. The first-order valence-electron chi connectivity index (χ1n) is 10.3. The van der Waals surface area contributed by atoms with E-state index in [0.717, 1.165) is 12.4 Å². The molecule has 10 heteroatoms. The van der Waals surface area contributed by atoms with Gasteiger partial charge in [-0.2, -0.15) is 9.61 Å². The summed E-state index contributed by atoms with van der Waals surface area (Å²) in [5.74, 6) is 1.94. The van der Waals surface area contributed by atoms with Crippen LogP contribution >= 0.6 is 11.6 Å². The molecule has 0 unspecified atom stereocenters. The molecule has 2 aromatic heterocycles. The highest BCUT2D eigenvalue weighted by Crippen LogP contribution is 2.32. The first-order valence-corrected chi connectivity index (χ1v) is 10.7. The Morgan fingerprint density at radius 3 is 2.88 bits per heavy atom. The van der Waals surface area contributed by atoms with Crippen LogP contribution in [0.2, 0.25) is 5.02 Å². The van der Waals surface area contributed by atoms with Gasteiger partial charge < -0.3 is 15.4 Å².